The van der Waals surface area contributed by atoms with Gasteiger partial charge < -0.3 is 14.7 Å². The van der Waals surface area contributed by atoms with Crippen molar-refractivity contribution in [3.63, 3.8) is 0 Å². The van der Waals surface area contributed by atoms with Crippen molar-refractivity contribution in [1.29, 1.82) is 0 Å². The number of pyridine rings is 1. The van der Waals surface area contributed by atoms with E-state index in [0.29, 0.717) is 34.5 Å². The first kappa shape index (κ1) is 25.5. The number of rotatable bonds is 6. The van der Waals surface area contributed by atoms with Crippen molar-refractivity contribution in [2.75, 3.05) is 13.6 Å². The highest BCUT2D eigenvalue weighted by atomic mass is 19.4. The summed E-state index contributed by atoms with van der Waals surface area (Å²) in [6.07, 6.45) is -3.29. The van der Waals surface area contributed by atoms with Gasteiger partial charge in [0.2, 0.25) is 0 Å². The summed E-state index contributed by atoms with van der Waals surface area (Å²) in [6, 6.07) is 16.4. The third kappa shape index (κ3) is 5.12. The summed E-state index contributed by atoms with van der Waals surface area (Å²) in [5, 5.41) is 12.9. The van der Waals surface area contributed by atoms with E-state index in [1.165, 1.54) is 17.2 Å². The van der Waals surface area contributed by atoms with Crippen LogP contribution in [0.3, 0.4) is 0 Å². The summed E-state index contributed by atoms with van der Waals surface area (Å²) in [6.45, 7) is 4.13. The number of hydrogen-bond donors (Lipinski definition) is 1. The van der Waals surface area contributed by atoms with Gasteiger partial charge in [-0.05, 0) is 61.3 Å². The quantitative estimate of drug-likeness (QED) is 0.359. The Bertz CT molecular complexity index is 1510. The summed E-state index contributed by atoms with van der Waals surface area (Å²) in [4.78, 5) is 18.1. The van der Waals surface area contributed by atoms with Crippen LogP contribution in [-0.2, 0) is 25.7 Å². The number of fused-ring (bicyclic) bond motifs is 1. The SMILES string of the molecule is Cc1ccc(OCc2ccc3c(c2)CCN(C)C3)c(-c2cccc(-n3ncc(C(=O)O)c3C(F)(F)F)n2)c1. The van der Waals surface area contributed by atoms with Gasteiger partial charge in [0.1, 0.15) is 17.9 Å². The minimum atomic E-state index is -4.94. The first-order valence-electron chi connectivity index (χ1n) is 12.0. The van der Waals surface area contributed by atoms with Gasteiger partial charge in [0.25, 0.3) is 0 Å². The molecular weight excluding hydrogens is 497 g/mol. The van der Waals surface area contributed by atoms with Gasteiger partial charge in [0.05, 0.1) is 11.9 Å². The molecule has 0 spiro atoms. The highest BCUT2D eigenvalue weighted by molar-refractivity contribution is 5.89. The Balaban J connectivity index is 1.47. The van der Waals surface area contributed by atoms with Crippen LogP contribution in [0.1, 0.15) is 38.3 Å². The maximum atomic E-state index is 13.7. The zero-order valence-corrected chi connectivity index (χ0v) is 20.8. The zero-order chi connectivity index (χ0) is 27.0. The molecule has 0 aliphatic carbocycles. The number of nitrogens with zero attached hydrogens (tertiary/aromatic N) is 4. The molecule has 2 aromatic heterocycles. The highest BCUT2D eigenvalue weighted by Gasteiger charge is 2.41. The summed E-state index contributed by atoms with van der Waals surface area (Å²) in [5.41, 5.74) is 3.19. The molecule has 0 saturated heterocycles. The summed E-state index contributed by atoms with van der Waals surface area (Å²) in [5.74, 6) is -1.35. The van der Waals surface area contributed by atoms with Crippen molar-refractivity contribution in [2.24, 2.45) is 0 Å². The van der Waals surface area contributed by atoms with Crippen LogP contribution in [0.2, 0.25) is 0 Å². The molecular formula is C28H25F3N4O3. The van der Waals surface area contributed by atoms with Gasteiger partial charge >= 0.3 is 12.1 Å². The molecule has 1 aliphatic heterocycles. The molecule has 0 fully saturated rings. The fourth-order valence-electron chi connectivity index (χ4n) is 4.61. The number of alkyl halides is 3. The van der Waals surface area contributed by atoms with Crippen LogP contribution in [0, 0.1) is 6.92 Å². The topological polar surface area (TPSA) is 80.5 Å². The van der Waals surface area contributed by atoms with E-state index >= 15 is 0 Å². The molecule has 0 saturated carbocycles. The molecule has 0 radical (unpaired) electrons. The molecule has 1 N–H and O–H groups in total. The van der Waals surface area contributed by atoms with E-state index in [2.05, 4.69) is 34.2 Å². The fourth-order valence-corrected chi connectivity index (χ4v) is 4.61. The van der Waals surface area contributed by atoms with Crippen LogP contribution in [0.25, 0.3) is 17.1 Å². The normalized spacial score (nSPS) is 13.8. The predicted molar refractivity (Wildman–Crippen MR) is 134 cm³/mol. The second kappa shape index (κ2) is 9.94. The lowest BCUT2D eigenvalue weighted by molar-refractivity contribution is -0.143. The molecule has 1 aliphatic rings. The second-order valence-electron chi connectivity index (χ2n) is 9.38. The Morgan fingerprint density at radius 1 is 1.11 bits per heavy atom. The average Bonchev–Trinajstić information content (AvgIpc) is 3.35. The maximum absolute atomic E-state index is 13.7. The highest BCUT2D eigenvalue weighted by Crippen LogP contribution is 2.35. The minimum Gasteiger partial charge on any atom is -0.488 e. The first-order chi connectivity index (χ1) is 18.1. The van der Waals surface area contributed by atoms with Crippen LogP contribution in [0.5, 0.6) is 5.75 Å². The van der Waals surface area contributed by atoms with Crippen LogP contribution in [-0.4, -0.2) is 44.3 Å². The lowest BCUT2D eigenvalue weighted by Gasteiger charge is -2.25. The van der Waals surface area contributed by atoms with Crippen molar-refractivity contribution in [1.82, 2.24) is 19.7 Å². The Morgan fingerprint density at radius 3 is 2.68 bits per heavy atom. The molecule has 5 rings (SSSR count). The first-order valence-corrected chi connectivity index (χ1v) is 12.0. The van der Waals surface area contributed by atoms with Crippen LogP contribution in [0.15, 0.2) is 60.8 Å². The zero-order valence-electron chi connectivity index (χ0n) is 20.8. The summed E-state index contributed by atoms with van der Waals surface area (Å²) in [7, 11) is 2.10. The molecule has 7 nitrogen and oxygen atoms in total. The smallest absolute Gasteiger partial charge is 0.434 e. The van der Waals surface area contributed by atoms with Gasteiger partial charge in [-0.3, -0.25) is 0 Å². The Hall–Kier alpha value is -4.18. The van der Waals surface area contributed by atoms with Crippen molar-refractivity contribution < 1.29 is 27.8 Å². The number of hydrogen-bond acceptors (Lipinski definition) is 5. The molecule has 0 amide bonds. The number of ether oxygens (including phenoxy) is 1. The van der Waals surface area contributed by atoms with E-state index < -0.39 is 23.4 Å². The number of benzene rings is 2. The van der Waals surface area contributed by atoms with Crippen molar-refractivity contribution in [2.45, 2.75) is 32.7 Å². The number of carbonyl (C=O) groups is 1. The second-order valence-corrected chi connectivity index (χ2v) is 9.38. The molecule has 2 aromatic carbocycles. The molecule has 0 atom stereocenters. The van der Waals surface area contributed by atoms with Crippen molar-refractivity contribution in [3.8, 4) is 22.8 Å². The van der Waals surface area contributed by atoms with Crippen molar-refractivity contribution >= 4 is 5.97 Å². The predicted octanol–water partition coefficient (Wildman–Crippen LogP) is 5.53. The molecule has 3 heterocycles. The van der Waals surface area contributed by atoms with Gasteiger partial charge in [-0.1, -0.05) is 35.9 Å². The lowest BCUT2D eigenvalue weighted by Crippen LogP contribution is -2.26. The summed E-state index contributed by atoms with van der Waals surface area (Å²) < 4.78 is 47.9. The molecule has 38 heavy (non-hydrogen) atoms. The molecule has 196 valence electrons. The average molecular weight is 523 g/mol. The van der Waals surface area contributed by atoms with Gasteiger partial charge in [-0.25, -0.2) is 14.5 Å². The number of aryl methyl sites for hydroxylation is 1. The number of carboxylic acid groups (broad SMARTS) is 1. The Labute approximate surface area is 217 Å². The number of likely N-dealkylation sites (N-methyl/N-ethyl adjacent to an activating group) is 1. The van der Waals surface area contributed by atoms with E-state index in [9.17, 15) is 23.1 Å². The Kier molecular flexibility index (Phi) is 6.66. The van der Waals surface area contributed by atoms with E-state index in [1.54, 1.807) is 12.1 Å². The van der Waals surface area contributed by atoms with E-state index in [0.717, 1.165) is 30.6 Å². The number of carboxylic acids is 1. The number of aromatic nitrogens is 3. The molecule has 10 heteroatoms. The summed E-state index contributed by atoms with van der Waals surface area (Å²) >= 11 is 0. The third-order valence-electron chi connectivity index (χ3n) is 6.50. The fraction of sp³-hybridized carbons (Fsp3) is 0.250. The minimum absolute atomic E-state index is 0.158. The van der Waals surface area contributed by atoms with Crippen LogP contribution in [0.4, 0.5) is 13.2 Å². The lowest BCUT2D eigenvalue weighted by atomic mass is 9.98. The van der Waals surface area contributed by atoms with E-state index in [1.807, 2.05) is 31.2 Å². The third-order valence-corrected chi connectivity index (χ3v) is 6.50. The van der Waals surface area contributed by atoms with Crippen molar-refractivity contribution in [3.05, 3.63) is 94.3 Å². The number of aromatic carboxylic acids is 1. The number of halogens is 3. The van der Waals surface area contributed by atoms with E-state index in [4.69, 9.17) is 4.74 Å². The van der Waals surface area contributed by atoms with Gasteiger partial charge in [-0.2, -0.15) is 18.3 Å². The Morgan fingerprint density at radius 2 is 1.92 bits per heavy atom. The molecule has 4 aromatic rings. The van der Waals surface area contributed by atoms with Crippen LogP contribution < -0.4 is 4.74 Å². The largest absolute Gasteiger partial charge is 0.488 e. The maximum Gasteiger partial charge on any atom is 0.434 e. The molecule has 0 bridgehead atoms. The monoisotopic (exact) mass is 522 g/mol. The standard InChI is InChI=1S/C28H25F3N4O3/c1-17-6-9-24(38-16-18-7-8-20-15-34(2)11-10-19(20)13-18)21(12-17)23-4-3-5-25(33-23)35-26(28(29,30)31)22(14-32-35)27(36)37/h3-9,12-14H,10-11,15-16H2,1-2H3,(H,36,37). The van der Waals surface area contributed by atoms with Gasteiger partial charge in [0.15, 0.2) is 11.5 Å². The van der Waals surface area contributed by atoms with Gasteiger partial charge in [-0.15, -0.1) is 0 Å². The van der Waals surface area contributed by atoms with Gasteiger partial charge in [0, 0.05) is 18.7 Å². The van der Waals surface area contributed by atoms with Crippen LogP contribution >= 0.6 is 0 Å². The molecule has 0 unspecified atom stereocenters. The van der Waals surface area contributed by atoms with E-state index in [-0.39, 0.29) is 5.82 Å².